The van der Waals surface area contributed by atoms with Gasteiger partial charge in [-0.25, -0.2) is 0 Å². The van der Waals surface area contributed by atoms with E-state index in [1.54, 1.807) is 0 Å². The third kappa shape index (κ3) is 4.23. The maximum atomic E-state index is 9.41. The van der Waals surface area contributed by atoms with Gasteiger partial charge in [0.25, 0.3) is 0 Å². The summed E-state index contributed by atoms with van der Waals surface area (Å²) in [5.41, 5.74) is 7.78. The highest BCUT2D eigenvalue weighted by atomic mass is 14.3. The van der Waals surface area contributed by atoms with Crippen LogP contribution in [0.25, 0.3) is 0 Å². The topological polar surface area (TPSA) is 23.8 Å². The van der Waals surface area contributed by atoms with Crippen molar-refractivity contribution in [1.82, 2.24) is 0 Å². The summed E-state index contributed by atoms with van der Waals surface area (Å²) >= 11 is 0. The van der Waals surface area contributed by atoms with Gasteiger partial charge in [0.15, 0.2) is 0 Å². The number of benzene rings is 1. The van der Waals surface area contributed by atoms with Gasteiger partial charge < -0.3 is 0 Å². The van der Waals surface area contributed by atoms with Gasteiger partial charge in [0.05, 0.1) is 6.07 Å². The molecule has 0 N–H and O–H groups in total. The van der Waals surface area contributed by atoms with Gasteiger partial charge in [-0.3, -0.25) is 0 Å². The Morgan fingerprint density at radius 1 is 1.00 bits per heavy atom. The summed E-state index contributed by atoms with van der Waals surface area (Å²) in [6.07, 6.45) is 5.04. The minimum atomic E-state index is 0.912. The fraction of sp³-hybridized carbons (Fsp3) is 0.526. The van der Waals surface area contributed by atoms with Crippen molar-refractivity contribution >= 4 is 0 Å². The van der Waals surface area contributed by atoms with Crippen LogP contribution in [0.1, 0.15) is 61.8 Å². The minimum Gasteiger partial charge on any atom is -0.193 e. The van der Waals surface area contributed by atoms with Crippen LogP contribution in [0.2, 0.25) is 0 Å². The second-order valence-electron chi connectivity index (χ2n) is 5.75. The van der Waals surface area contributed by atoms with E-state index in [1.807, 2.05) is 0 Å². The first-order chi connectivity index (χ1) is 9.53. The third-order valence-electron chi connectivity index (χ3n) is 3.84. The summed E-state index contributed by atoms with van der Waals surface area (Å²) < 4.78 is 0. The highest BCUT2D eigenvalue weighted by Crippen LogP contribution is 2.25. The van der Waals surface area contributed by atoms with Gasteiger partial charge in [0, 0.05) is 5.57 Å². The Bertz CT molecular complexity index is 506. The fourth-order valence-electron chi connectivity index (χ4n) is 2.91. The zero-order valence-electron chi connectivity index (χ0n) is 13.6. The molecule has 1 rings (SSSR count). The number of aryl methyl sites for hydroxylation is 3. The van der Waals surface area contributed by atoms with Gasteiger partial charge in [-0.1, -0.05) is 50.0 Å². The lowest BCUT2D eigenvalue weighted by Crippen LogP contribution is -2.01. The third-order valence-corrected chi connectivity index (χ3v) is 3.84. The largest absolute Gasteiger partial charge is 0.193 e. The summed E-state index contributed by atoms with van der Waals surface area (Å²) in [5.74, 6) is 0. The van der Waals surface area contributed by atoms with E-state index in [2.05, 4.69) is 52.8 Å². The molecular formula is C19H27N. The lowest BCUT2D eigenvalue weighted by Gasteiger charge is -2.15. The lowest BCUT2D eigenvalue weighted by atomic mass is 9.89. The van der Waals surface area contributed by atoms with Crippen molar-refractivity contribution in [2.75, 3.05) is 0 Å². The van der Waals surface area contributed by atoms with Gasteiger partial charge in [-0.05, 0) is 56.7 Å². The van der Waals surface area contributed by atoms with Crippen LogP contribution in [0.5, 0.6) is 0 Å². The van der Waals surface area contributed by atoms with Crippen LogP contribution in [-0.4, -0.2) is 0 Å². The normalized spacial score (nSPS) is 12.0. The molecule has 0 heterocycles. The predicted octanol–water partition coefficient (Wildman–Crippen LogP) is 5.57. The molecule has 0 aliphatic rings. The molecule has 108 valence electrons. The fourth-order valence-corrected chi connectivity index (χ4v) is 2.91. The van der Waals surface area contributed by atoms with E-state index in [0.717, 1.165) is 37.7 Å². The molecule has 1 heteroatoms. The molecule has 20 heavy (non-hydrogen) atoms. The molecule has 0 atom stereocenters. The summed E-state index contributed by atoms with van der Waals surface area (Å²) in [6, 6.07) is 6.93. The van der Waals surface area contributed by atoms with E-state index in [1.165, 1.54) is 27.8 Å². The van der Waals surface area contributed by atoms with E-state index in [-0.39, 0.29) is 0 Å². The molecule has 0 fully saturated rings. The highest BCUT2D eigenvalue weighted by Gasteiger charge is 2.10. The van der Waals surface area contributed by atoms with Crippen molar-refractivity contribution in [3.05, 3.63) is 45.5 Å². The number of hydrogen-bond donors (Lipinski definition) is 0. The Kier molecular flexibility index (Phi) is 6.52. The molecule has 0 bridgehead atoms. The summed E-state index contributed by atoms with van der Waals surface area (Å²) in [6.45, 7) is 10.8. The lowest BCUT2D eigenvalue weighted by molar-refractivity contribution is 0.823. The molecule has 0 aliphatic carbocycles. The van der Waals surface area contributed by atoms with Gasteiger partial charge in [0.1, 0.15) is 0 Å². The molecule has 0 spiro atoms. The Balaban J connectivity index is 3.18. The van der Waals surface area contributed by atoms with Crippen molar-refractivity contribution < 1.29 is 0 Å². The standard InChI is InChI=1S/C19H27N/c1-6-8-17(18(13-20)9-7-2)12-19-15(4)10-14(3)11-16(19)5/h10-11H,6-9,12H2,1-5H3/b18-17-. The van der Waals surface area contributed by atoms with E-state index < -0.39 is 0 Å². The van der Waals surface area contributed by atoms with E-state index in [9.17, 15) is 5.26 Å². The average Bonchev–Trinajstić information content (AvgIpc) is 2.39. The second-order valence-corrected chi connectivity index (χ2v) is 5.75. The number of rotatable bonds is 6. The van der Waals surface area contributed by atoms with Crippen LogP contribution in [-0.2, 0) is 6.42 Å². The van der Waals surface area contributed by atoms with E-state index in [0.29, 0.717) is 0 Å². The molecule has 0 saturated heterocycles. The van der Waals surface area contributed by atoms with Gasteiger partial charge in [-0.2, -0.15) is 5.26 Å². The molecule has 0 aliphatic heterocycles. The van der Waals surface area contributed by atoms with Gasteiger partial charge in [0.2, 0.25) is 0 Å². The minimum absolute atomic E-state index is 0.912. The maximum absolute atomic E-state index is 9.41. The molecule has 1 aromatic carbocycles. The molecular weight excluding hydrogens is 242 g/mol. The van der Waals surface area contributed by atoms with Gasteiger partial charge in [-0.15, -0.1) is 0 Å². The SMILES string of the molecule is CCC/C(C#N)=C(\CCC)Cc1c(C)cc(C)cc1C. The monoisotopic (exact) mass is 269 g/mol. The second kappa shape index (κ2) is 7.90. The summed E-state index contributed by atoms with van der Waals surface area (Å²) in [5, 5.41) is 9.41. The molecule has 1 aromatic rings. The highest BCUT2D eigenvalue weighted by molar-refractivity contribution is 5.42. The van der Waals surface area contributed by atoms with Crippen LogP contribution in [0.3, 0.4) is 0 Å². The quantitative estimate of drug-likeness (QED) is 0.619. The molecule has 0 saturated carbocycles. The van der Waals surface area contributed by atoms with Crippen LogP contribution < -0.4 is 0 Å². The zero-order chi connectivity index (χ0) is 15.1. The Morgan fingerprint density at radius 3 is 2.00 bits per heavy atom. The molecule has 0 radical (unpaired) electrons. The summed E-state index contributed by atoms with van der Waals surface area (Å²) in [7, 11) is 0. The van der Waals surface area contributed by atoms with Crippen molar-refractivity contribution in [2.45, 2.75) is 66.7 Å². The number of nitriles is 1. The van der Waals surface area contributed by atoms with Crippen molar-refractivity contribution in [2.24, 2.45) is 0 Å². The Morgan fingerprint density at radius 2 is 1.55 bits per heavy atom. The van der Waals surface area contributed by atoms with Crippen LogP contribution in [0, 0.1) is 32.1 Å². The number of hydrogen-bond acceptors (Lipinski definition) is 1. The molecule has 0 amide bonds. The number of nitrogens with zero attached hydrogens (tertiary/aromatic N) is 1. The van der Waals surface area contributed by atoms with Crippen LogP contribution in [0.15, 0.2) is 23.3 Å². The van der Waals surface area contributed by atoms with Gasteiger partial charge >= 0.3 is 0 Å². The molecule has 1 nitrogen and oxygen atoms in total. The Hall–Kier alpha value is -1.55. The Labute approximate surface area is 124 Å². The summed E-state index contributed by atoms with van der Waals surface area (Å²) in [4.78, 5) is 0. The maximum Gasteiger partial charge on any atom is 0.0946 e. The smallest absolute Gasteiger partial charge is 0.0946 e. The predicted molar refractivity (Wildman–Crippen MR) is 86.8 cm³/mol. The van der Waals surface area contributed by atoms with E-state index in [4.69, 9.17) is 0 Å². The van der Waals surface area contributed by atoms with Crippen molar-refractivity contribution in [3.63, 3.8) is 0 Å². The first kappa shape index (κ1) is 16.5. The number of allylic oxidation sites excluding steroid dienone is 2. The van der Waals surface area contributed by atoms with Crippen molar-refractivity contribution in [1.29, 1.82) is 5.26 Å². The van der Waals surface area contributed by atoms with Crippen molar-refractivity contribution in [3.8, 4) is 6.07 Å². The molecule has 0 unspecified atom stereocenters. The first-order valence-electron chi connectivity index (χ1n) is 7.71. The van der Waals surface area contributed by atoms with Crippen LogP contribution >= 0.6 is 0 Å². The molecule has 0 aromatic heterocycles. The average molecular weight is 269 g/mol. The zero-order valence-corrected chi connectivity index (χ0v) is 13.6. The first-order valence-corrected chi connectivity index (χ1v) is 7.71. The van der Waals surface area contributed by atoms with Crippen LogP contribution in [0.4, 0.5) is 0 Å². The van der Waals surface area contributed by atoms with E-state index >= 15 is 0 Å².